The number of pyridine rings is 1. The molecule has 0 atom stereocenters. The summed E-state index contributed by atoms with van der Waals surface area (Å²) in [6.07, 6.45) is 5.58. The summed E-state index contributed by atoms with van der Waals surface area (Å²) in [6, 6.07) is 24.8. The van der Waals surface area contributed by atoms with Gasteiger partial charge in [0, 0.05) is 35.1 Å². The molecule has 5 rings (SSSR count). The van der Waals surface area contributed by atoms with Crippen LogP contribution >= 0.6 is 0 Å². The van der Waals surface area contributed by atoms with Crippen LogP contribution in [-0.4, -0.2) is 15.0 Å². The number of hydrogen-bond acceptors (Lipinski definition) is 3. The highest BCUT2D eigenvalue weighted by Gasteiger charge is 2.07. The molecule has 0 amide bonds. The molecule has 3 heteroatoms. The fraction of sp³-hybridized carbons (Fsp3) is 0. The van der Waals surface area contributed by atoms with Gasteiger partial charge in [-0.2, -0.15) is 0 Å². The van der Waals surface area contributed by atoms with E-state index in [2.05, 4.69) is 52.4 Å². The second-order valence-corrected chi connectivity index (χ2v) is 6.24. The lowest BCUT2D eigenvalue weighted by Gasteiger charge is -2.07. The zero-order chi connectivity index (χ0) is 17.3. The van der Waals surface area contributed by atoms with Gasteiger partial charge in [0.15, 0.2) is 5.82 Å². The van der Waals surface area contributed by atoms with Gasteiger partial charge in [0.25, 0.3) is 0 Å². The minimum absolute atomic E-state index is 0.735. The van der Waals surface area contributed by atoms with Crippen LogP contribution in [0.4, 0.5) is 0 Å². The average molecular weight is 333 g/mol. The quantitative estimate of drug-likeness (QED) is 0.400. The van der Waals surface area contributed by atoms with Crippen molar-refractivity contribution in [3.63, 3.8) is 0 Å². The Labute approximate surface area is 151 Å². The van der Waals surface area contributed by atoms with Crippen LogP contribution in [0.5, 0.6) is 0 Å². The van der Waals surface area contributed by atoms with Crippen molar-refractivity contribution in [2.45, 2.75) is 0 Å². The van der Waals surface area contributed by atoms with E-state index >= 15 is 0 Å². The molecule has 0 spiro atoms. The van der Waals surface area contributed by atoms with Crippen molar-refractivity contribution in [1.82, 2.24) is 15.0 Å². The first-order valence-electron chi connectivity index (χ1n) is 8.54. The van der Waals surface area contributed by atoms with Gasteiger partial charge in [-0.25, -0.2) is 9.97 Å². The smallest absolute Gasteiger partial charge is 0.159 e. The van der Waals surface area contributed by atoms with Gasteiger partial charge in [0.05, 0.1) is 5.52 Å². The molecule has 0 unspecified atom stereocenters. The van der Waals surface area contributed by atoms with Crippen molar-refractivity contribution in [3.8, 4) is 22.5 Å². The molecule has 2 aromatic heterocycles. The Morgan fingerprint density at radius 3 is 2.42 bits per heavy atom. The van der Waals surface area contributed by atoms with Crippen LogP contribution in [0.2, 0.25) is 0 Å². The number of rotatable bonds is 2. The predicted octanol–water partition coefficient (Wildman–Crippen LogP) is 5.51. The largest absolute Gasteiger partial charge is 0.264 e. The molecule has 2 heterocycles. The summed E-state index contributed by atoms with van der Waals surface area (Å²) in [5.74, 6) is 0.735. The molecule has 0 saturated carbocycles. The molecule has 0 aliphatic heterocycles. The zero-order valence-electron chi connectivity index (χ0n) is 14.0. The van der Waals surface area contributed by atoms with Crippen molar-refractivity contribution in [2.75, 3.05) is 0 Å². The first-order chi connectivity index (χ1) is 12.9. The summed E-state index contributed by atoms with van der Waals surface area (Å²) in [4.78, 5) is 13.6. The SMILES string of the molecule is c1cncc(-c2cccc(-c3ncc4c(ccc5ccccc54)n3)c2)c1. The Morgan fingerprint density at radius 2 is 1.50 bits per heavy atom. The molecule has 5 aromatic rings. The van der Waals surface area contributed by atoms with Gasteiger partial charge < -0.3 is 0 Å². The van der Waals surface area contributed by atoms with E-state index in [1.807, 2.05) is 42.7 Å². The van der Waals surface area contributed by atoms with Gasteiger partial charge >= 0.3 is 0 Å². The second-order valence-electron chi connectivity index (χ2n) is 6.24. The number of fused-ring (bicyclic) bond motifs is 3. The molecule has 3 aromatic carbocycles. The fourth-order valence-corrected chi connectivity index (χ4v) is 3.30. The molecule has 26 heavy (non-hydrogen) atoms. The Morgan fingerprint density at radius 1 is 0.615 bits per heavy atom. The summed E-state index contributed by atoms with van der Waals surface area (Å²) in [6.45, 7) is 0. The van der Waals surface area contributed by atoms with Crippen LogP contribution in [0, 0.1) is 0 Å². The predicted molar refractivity (Wildman–Crippen MR) is 106 cm³/mol. The Bertz CT molecular complexity index is 1230. The molecule has 0 fully saturated rings. The lowest BCUT2D eigenvalue weighted by molar-refractivity contribution is 1.23. The standard InChI is InChI=1S/C23H15N3/c1-2-9-20-16(5-1)10-11-22-21(20)15-25-23(26-22)18-7-3-6-17(13-18)19-8-4-12-24-14-19/h1-15H. The molecular formula is C23H15N3. The summed E-state index contributed by atoms with van der Waals surface area (Å²) in [7, 11) is 0. The summed E-state index contributed by atoms with van der Waals surface area (Å²) in [5.41, 5.74) is 4.15. The summed E-state index contributed by atoms with van der Waals surface area (Å²) >= 11 is 0. The Hall–Kier alpha value is -3.59. The van der Waals surface area contributed by atoms with Crippen LogP contribution in [0.3, 0.4) is 0 Å². The third-order valence-electron chi connectivity index (χ3n) is 4.61. The van der Waals surface area contributed by atoms with Crippen molar-refractivity contribution in [2.24, 2.45) is 0 Å². The van der Waals surface area contributed by atoms with E-state index in [0.29, 0.717) is 0 Å². The first kappa shape index (κ1) is 14.7. The normalized spacial score (nSPS) is 11.1. The minimum atomic E-state index is 0.735. The lowest BCUT2D eigenvalue weighted by Crippen LogP contribution is -1.91. The van der Waals surface area contributed by atoms with Gasteiger partial charge in [0.2, 0.25) is 0 Å². The van der Waals surface area contributed by atoms with E-state index < -0.39 is 0 Å². The number of hydrogen-bond donors (Lipinski definition) is 0. The Kier molecular flexibility index (Phi) is 3.42. The van der Waals surface area contributed by atoms with Crippen molar-refractivity contribution in [1.29, 1.82) is 0 Å². The topological polar surface area (TPSA) is 38.7 Å². The fourth-order valence-electron chi connectivity index (χ4n) is 3.30. The molecule has 0 aliphatic rings. The van der Waals surface area contributed by atoms with E-state index in [1.54, 1.807) is 6.20 Å². The third-order valence-corrected chi connectivity index (χ3v) is 4.61. The highest BCUT2D eigenvalue weighted by atomic mass is 14.9. The first-order valence-corrected chi connectivity index (χ1v) is 8.54. The monoisotopic (exact) mass is 333 g/mol. The van der Waals surface area contributed by atoms with Crippen LogP contribution in [-0.2, 0) is 0 Å². The third kappa shape index (κ3) is 2.50. The van der Waals surface area contributed by atoms with Crippen LogP contribution in [0.15, 0.2) is 91.4 Å². The van der Waals surface area contributed by atoms with Gasteiger partial charge in [-0.05, 0) is 34.5 Å². The van der Waals surface area contributed by atoms with Gasteiger partial charge in [-0.15, -0.1) is 0 Å². The maximum absolute atomic E-state index is 4.80. The van der Waals surface area contributed by atoms with Crippen LogP contribution in [0.25, 0.3) is 44.2 Å². The van der Waals surface area contributed by atoms with E-state index in [4.69, 9.17) is 4.98 Å². The van der Waals surface area contributed by atoms with Crippen molar-refractivity contribution < 1.29 is 0 Å². The molecular weight excluding hydrogens is 318 g/mol. The summed E-state index contributed by atoms with van der Waals surface area (Å²) < 4.78 is 0. The summed E-state index contributed by atoms with van der Waals surface area (Å²) in [5, 5.41) is 3.46. The lowest BCUT2D eigenvalue weighted by atomic mass is 10.0. The van der Waals surface area contributed by atoms with Gasteiger partial charge in [-0.3, -0.25) is 4.98 Å². The average Bonchev–Trinajstić information content (AvgIpc) is 2.74. The van der Waals surface area contributed by atoms with Gasteiger partial charge in [0.1, 0.15) is 0 Å². The maximum atomic E-state index is 4.80. The zero-order valence-corrected chi connectivity index (χ0v) is 14.0. The minimum Gasteiger partial charge on any atom is -0.264 e. The van der Waals surface area contributed by atoms with Crippen molar-refractivity contribution >= 4 is 21.7 Å². The molecule has 0 bridgehead atoms. The Balaban J connectivity index is 1.64. The van der Waals surface area contributed by atoms with Crippen LogP contribution < -0.4 is 0 Å². The number of nitrogens with zero attached hydrogens (tertiary/aromatic N) is 3. The highest BCUT2D eigenvalue weighted by molar-refractivity contribution is 6.05. The molecule has 0 N–H and O–H groups in total. The molecule has 0 saturated heterocycles. The van der Waals surface area contributed by atoms with Crippen molar-refractivity contribution in [3.05, 3.63) is 91.4 Å². The maximum Gasteiger partial charge on any atom is 0.159 e. The molecule has 0 aliphatic carbocycles. The second kappa shape index (κ2) is 6.05. The van der Waals surface area contributed by atoms with E-state index in [1.165, 1.54) is 10.8 Å². The van der Waals surface area contributed by atoms with Crippen LogP contribution in [0.1, 0.15) is 0 Å². The molecule has 122 valence electrons. The van der Waals surface area contributed by atoms with E-state index in [-0.39, 0.29) is 0 Å². The van der Waals surface area contributed by atoms with E-state index in [9.17, 15) is 0 Å². The molecule has 3 nitrogen and oxygen atoms in total. The number of aromatic nitrogens is 3. The molecule has 0 radical (unpaired) electrons. The van der Waals surface area contributed by atoms with E-state index in [0.717, 1.165) is 33.4 Å². The number of benzene rings is 3. The van der Waals surface area contributed by atoms with Gasteiger partial charge in [-0.1, -0.05) is 54.6 Å². The highest BCUT2D eigenvalue weighted by Crippen LogP contribution is 2.27.